The summed E-state index contributed by atoms with van der Waals surface area (Å²) in [7, 11) is -0.161. The highest BCUT2D eigenvalue weighted by Crippen LogP contribution is 2.43. The van der Waals surface area contributed by atoms with Crippen LogP contribution < -0.4 is 14.7 Å². The fourth-order valence-corrected chi connectivity index (χ4v) is 3.46. The lowest BCUT2D eigenvalue weighted by atomic mass is 10.1. The van der Waals surface area contributed by atoms with Crippen LogP contribution in [0.4, 0.5) is 5.69 Å². The van der Waals surface area contributed by atoms with Gasteiger partial charge in [0.05, 0.1) is 11.9 Å². The molecule has 0 spiro atoms. The van der Waals surface area contributed by atoms with Crippen molar-refractivity contribution in [2.24, 2.45) is 0 Å². The Kier molecular flexibility index (Phi) is 4.84. The van der Waals surface area contributed by atoms with Gasteiger partial charge in [-0.1, -0.05) is 13.2 Å². The van der Waals surface area contributed by atoms with Gasteiger partial charge in [0.15, 0.2) is 0 Å². The molecule has 1 amide bonds. The van der Waals surface area contributed by atoms with E-state index in [1.54, 1.807) is 20.2 Å². The molecular weight excluding hydrogens is 312 g/mol. The third-order valence-electron chi connectivity index (χ3n) is 4.06. The second kappa shape index (κ2) is 6.35. The summed E-state index contributed by atoms with van der Waals surface area (Å²) in [5, 5.41) is 1.52. The second-order valence-electron chi connectivity index (χ2n) is 6.33. The molecule has 1 aliphatic rings. The molecule has 2 rings (SSSR count). The fourth-order valence-electron chi connectivity index (χ4n) is 2.52. The van der Waals surface area contributed by atoms with E-state index < -0.39 is 10.0 Å². The van der Waals surface area contributed by atoms with Crippen molar-refractivity contribution < 1.29 is 13.2 Å². The van der Waals surface area contributed by atoms with E-state index >= 15 is 0 Å². The summed E-state index contributed by atoms with van der Waals surface area (Å²) in [4.78, 5) is 13.3. The van der Waals surface area contributed by atoms with Crippen molar-refractivity contribution in [1.82, 2.24) is 4.90 Å². The summed E-state index contributed by atoms with van der Waals surface area (Å²) in [6.45, 7) is 8.02. The van der Waals surface area contributed by atoms with E-state index in [4.69, 9.17) is 0 Å². The predicted molar refractivity (Wildman–Crippen MR) is 94.2 cm³/mol. The summed E-state index contributed by atoms with van der Waals surface area (Å²) < 4.78 is 25.9. The van der Waals surface area contributed by atoms with Crippen LogP contribution in [0.5, 0.6) is 0 Å². The Labute approximate surface area is 138 Å². The number of amides is 1. The van der Waals surface area contributed by atoms with Crippen LogP contribution in [0.15, 0.2) is 12.1 Å². The van der Waals surface area contributed by atoms with Crippen LogP contribution in [0, 0.1) is 0 Å². The monoisotopic (exact) mass is 336 g/mol. The van der Waals surface area contributed by atoms with Gasteiger partial charge in [-0.05, 0) is 46.9 Å². The molecule has 0 atom stereocenters. The van der Waals surface area contributed by atoms with E-state index in [1.807, 2.05) is 6.07 Å². The Balaban J connectivity index is 2.44. The van der Waals surface area contributed by atoms with Gasteiger partial charge in [0, 0.05) is 27.1 Å². The molecule has 0 bridgehead atoms. The Morgan fingerprint density at radius 3 is 2.26 bits per heavy atom. The first-order chi connectivity index (χ1) is 10.6. The predicted octanol–water partition coefficient (Wildman–Crippen LogP) is 0.629. The highest BCUT2D eigenvalue weighted by molar-refractivity contribution is 7.92. The minimum Gasteiger partial charge on any atom is -0.349 e. The van der Waals surface area contributed by atoms with Gasteiger partial charge in [-0.2, -0.15) is 0 Å². The van der Waals surface area contributed by atoms with Crippen LogP contribution >= 0.6 is 0 Å². The lowest BCUT2D eigenvalue weighted by molar-refractivity contribution is -0.128. The number of benzene rings is 1. The molecule has 0 heterocycles. The molecule has 1 fully saturated rings. The quantitative estimate of drug-likeness (QED) is 0.766. The Morgan fingerprint density at radius 1 is 1.22 bits per heavy atom. The highest BCUT2D eigenvalue weighted by atomic mass is 32.2. The van der Waals surface area contributed by atoms with Gasteiger partial charge >= 0.3 is 0 Å². The van der Waals surface area contributed by atoms with Crippen molar-refractivity contribution >= 4 is 34.8 Å². The Morgan fingerprint density at radius 2 is 1.78 bits per heavy atom. The maximum atomic E-state index is 12.3. The molecule has 0 saturated heterocycles. The molecule has 0 N–H and O–H groups in total. The first-order valence-corrected chi connectivity index (χ1v) is 9.45. The topological polar surface area (TPSA) is 57.7 Å². The van der Waals surface area contributed by atoms with E-state index in [2.05, 4.69) is 13.2 Å². The van der Waals surface area contributed by atoms with Crippen LogP contribution in [0.3, 0.4) is 0 Å². The molecule has 23 heavy (non-hydrogen) atoms. The average molecular weight is 336 g/mol. The summed E-state index contributed by atoms with van der Waals surface area (Å²) in [5.41, 5.74) is 1.63. The van der Waals surface area contributed by atoms with Crippen LogP contribution in [0.25, 0.3) is 13.2 Å². The van der Waals surface area contributed by atoms with E-state index in [-0.39, 0.29) is 18.9 Å². The zero-order valence-corrected chi connectivity index (χ0v) is 14.8. The number of anilines is 1. The Hall–Kier alpha value is -1.82. The number of nitrogens with zero attached hydrogens (tertiary/aromatic N) is 2. The number of hydrogen-bond acceptors (Lipinski definition) is 3. The molecule has 0 aromatic heterocycles. The number of carbonyl (C=O) groups excluding carboxylic acids is 1. The standard InChI is InChI=1S/C17H24N2O3S/c1-12-10-15(14-6-7-14)16(11-13(12)2)19(23(5,21)22)9-8-17(20)18(3)4/h10-11,14H,1-2,6-9H2,3-5H3. The average Bonchev–Trinajstić information content (AvgIpc) is 3.25. The fraction of sp³-hybridized carbons (Fsp3) is 0.471. The van der Waals surface area contributed by atoms with Crippen LogP contribution in [0.1, 0.15) is 30.7 Å². The van der Waals surface area contributed by atoms with Crippen molar-refractivity contribution in [1.29, 1.82) is 0 Å². The summed E-state index contributed by atoms with van der Waals surface area (Å²) in [6.07, 6.45) is 3.42. The van der Waals surface area contributed by atoms with Crippen molar-refractivity contribution in [2.75, 3.05) is 31.2 Å². The van der Waals surface area contributed by atoms with E-state index in [0.717, 1.165) is 23.6 Å². The van der Waals surface area contributed by atoms with Gasteiger partial charge in [-0.25, -0.2) is 8.42 Å². The third-order valence-corrected chi connectivity index (χ3v) is 5.24. The number of hydrogen-bond donors (Lipinski definition) is 0. The molecule has 5 nitrogen and oxygen atoms in total. The van der Waals surface area contributed by atoms with Gasteiger partial charge < -0.3 is 4.90 Å². The normalized spacial score (nSPS) is 14.6. The largest absolute Gasteiger partial charge is 0.349 e. The highest BCUT2D eigenvalue weighted by Gasteiger charge is 2.30. The maximum Gasteiger partial charge on any atom is 0.232 e. The van der Waals surface area contributed by atoms with Crippen molar-refractivity contribution in [3.63, 3.8) is 0 Å². The lowest BCUT2D eigenvalue weighted by Crippen LogP contribution is -2.36. The van der Waals surface area contributed by atoms with E-state index in [9.17, 15) is 13.2 Å². The van der Waals surface area contributed by atoms with E-state index in [0.29, 0.717) is 16.8 Å². The minimum atomic E-state index is -3.48. The van der Waals surface area contributed by atoms with Gasteiger partial charge in [0.1, 0.15) is 0 Å². The van der Waals surface area contributed by atoms with Gasteiger partial charge in [-0.3, -0.25) is 9.10 Å². The molecule has 0 aliphatic heterocycles. The zero-order chi connectivity index (χ0) is 17.4. The van der Waals surface area contributed by atoms with E-state index in [1.165, 1.54) is 15.5 Å². The molecule has 126 valence electrons. The van der Waals surface area contributed by atoms with Gasteiger partial charge in [-0.15, -0.1) is 0 Å². The van der Waals surface area contributed by atoms with Gasteiger partial charge in [0.25, 0.3) is 0 Å². The summed E-state index contributed by atoms with van der Waals surface area (Å²) >= 11 is 0. The SMILES string of the molecule is C=c1cc(C2CC2)c(N(CCC(=O)N(C)C)S(C)(=O)=O)cc1=C. The minimum absolute atomic E-state index is 0.102. The zero-order valence-electron chi connectivity index (χ0n) is 14.0. The van der Waals surface area contributed by atoms with Crippen molar-refractivity contribution in [3.8, 4) is 0 Å². The molecule has 1 aromatic rings. The van der Waals surface area contributed by atoms with Crippen LogP contribution in [0.2, 0.25) is 0 Å². The summed E-state index contributed by atoms with van der Waals surface area (Å²) in [6, 6.07) is 3.71. The lowest BCUT2D eigenvalue weighted by Gasteiger charge is -2.25. The summed E-state index contributed by atoms with van der Waals surface area (Å²) in [5.74, 6) is 0.273. The third kappa shape index (κ3) is 4.13. The van der Waals surface area contributed by atoms with Crippen LogP contribution in [-0.4, -0.2) is 46.1 Å². The molecule has 0 unspecified atom stereocenters. The number of sulfonamides is 1. The first-order valence-electron chi connectivity index (χ1n) is 7.61. The molecule has 0 radical (unpaired) electrons. The van der Waals surface area contributed by atoms with Crippen molar-refractivity contribution in [3.05, 3.63) is 28.1 Å². The van der Waals surface area contributed by atoms with Gasteiger partial charge in [0.2, 0.25) is 15.9 Å². The second-order valence-corrected chi connectivity index (χ2v) is 8.23. The molecule has 1 aliphatic carbocycles. The molecule has 1 saturated carbocycles. The molecular formula is C17H24N2O3S. The first kappa shape index (κ1) is 17.5. The smallest absolute Gasteiger partial charge is 0.232 e. The number of carbonyl (C=O) groups is 1. The number of rotatable bonds is 6. The Bertz CT molecular complexity index is 811. The molecule has 1 aromatic carbocycles. The maximum absolute atomic E-state index is 12.3. The molecule has 6 heteroatoms. The van der Waals surface area contributed by atoms with Crippen molar-refractivity contribution in [2.45, 2.75) is 25.2 Å². The van der Waals surface area contributed by atoms with Crippen LogP contribution in [-0.2, 0) is 14.8 Å².